The number of likely N-dealkylation sites (tertiary alicyclic amines) is 1. The lowest BCUT2D eigenvalue weighted by molar-refractivity contribution is -0.143. The molecule has 3 aliphatic heterocycles. The van der Waals surface area contributed by atoms with Crippen LogP contribution in [0.5, 0.6) is 5.75 Å². The zero-order valence-corrected chi connectivity index (χ0v) is 25.0. The highest BCUT2D eigenvalue weighted by atomic mass is 32.2. The first kappa shape index (κ1) is 29.7. The van der Waals surface area contributed by atoms with E-state index >= 15 is 0 Å². The highest BCUT2D eigenvalue weighted by Gasteiger charge is 2.77. The number of hydrogen-bond donors (Lipinski definition) is 3. The normalized spacial score (nSPS) is 31.5. The molecule has 0 radical (unpaired) electrons. The maximum Gasteiger partial charge on any atom is 0.244 e. The molecule has 3 N–H and O–H groups in total. The number of ether oxygens (including phenoxy) is 1. The van der Waals surface area contributed by atoms with Crippen molar-refractivity contribution in [2.45, 2.75) is 101 Å². The van der Waals surface area contributed by atoms with Crippen molar-refractivity contribution in [3.63, 3.8) is 0 Å². The minimum absolute atomic E-state index is 0.00598. The van der Waals surface area contributed by atoms with Crippen molar-refractivity contribution in [2.24, 2.45) is 17.8 Å². The molecular weight excluding hydrogens is 514 g/mol. The van der Waals surface area contributed by atoms with Crippen molar-refractivity contribution in [3.05, 3.63) is 24.3 Å². The van der Waals surface area contributed by atoms with E-state index in [1.807, 2.05) is 39.8 Å². The van der Waals surface area contributed by atoms with Crippen LogP contribution in [-0.4, -0.2) is 68.6 Å². The third-order valence-corrected chi connectivity index (χ3v) is 11.1. The smallest absolute Gasteiger partial charge is 0.244 e. The lowest BCUT2D eigenvalue weighted by atomic mass is 9.66. The van der Waals surface area contributed by atoms with E-state index in [0.717, 1.165) is 31.4 Å². The van der Waals surface area contributed by atoms with Crippen LogP contribution in [0.4, 0.5) is 5.69 Å². The zero-order valence-electron chi connectivity index (χ0n) is 24.2. The van der Waals surface area contributed by atoms with Gasteiger partial charge in [-0.05, 0) is 70.2 Å². The number of anilines is 1. The molecule has 3 fully saturated rings. The molecule has 3 heterocycles. The summed E-state index contributed by atoms with van der Waals surface area (Å²) >= 11 is 1.65. The molecule has 0 saturated carbocycles. The van der Waals surface area contributed by atoms with Gasteiger partial charge in [0, 0.05) is 16.5 Å². The molecule has 3 aliphatic rings. The van der Waals surface area contributed by atoms with E-state index in [9.17, 15) is 19.5 Å². The first-order valence-electron chi connectivity index (χ1n) is 14.5. The Hall–Kier alpha value is -2.26. The van der Waals surface area contributed by atoms with E-state index in [2.05, 4.69) is 24.5 Å². The number of carbonyl (C=O) groups excluding carboxylic acids is 3. The molecule has 3 amide bonds. The van der Waals surface area contributed by atoms with Crippen LogP contribution in [-0.2, 0) is 14.4 Å². The Kier molecular flexibility index (Phi) is 8.91. The van der Waals surface area contributed by atoms with Gasteiger partial charge in [0.05, 0.1) is 35.8 Å². The van der Waals surface area contributed by atoms with E-state index in [-0.39, 0.29) is 36.3 Å². The van der Waals surface area contributed by atoms with Gasteiger partial charge in [0.2, 0.25) is 17.7 Å². The number of benzene rings is 1. The van der Waals surface area contributed by atoms with Gasteiger partial charge < -0.3 is 25.4 Å². The first-order valence-corrected chi connectivity index (χ1v) is 15.4. The topological polar surface area (TPSA) is 108 Å². The maximum atomic E-state index is 14.4. The number of nitrogens with zero attached hydrogens (tertiary/aromatic N) is 1. The fraction of sp³-hybridized carbons (Fsp3) is 0.700. The molecule has 8 nitrogen and oxygen atoms in total. The second-order valence-corrected chi connectivity index (χ2v) is 13.7. The Morgan fingerprint density at radius 2 is 1.85 bits per heavy atom. The molecule has 1 spiro atoms. The number of amides is 3. The minimum atomic E-state index is -0.726. The second-order valence-electron chi connectivity index (χ2n) is 11.8. The largest absolute Gasteiger partial charge is 0.494 e. The molecule has 2 bridgehead atoms. The molecule has 8 atom stereocenters. The molecule has 39 heavy (non-hydrogen) atoms. The number of carbonyl (C=O) groups is 3. The number of fused-ring (bicyclic) bond motifs is 1. The Labute approximate surface area is 237 Å². The number of thioether (sulfide) groups is 1. The van der Waals surface area contributed by atoms with Crippen molar-refractivity contribution in [3.8, 4) is 5.75 Å². The molecule has 9 heteroatoms. The quantitative estimate of drug-likeness (QED) is 0.354. The van der Waals surface area contributed by atoms with Crippen LogP contribution >= 0.6 is 11.8 Å². The predicted molar refractivity (Wildman–Crippen MR) is 155 cm³/mol. The molecule has 216 valence electrons. The van der Waals surface area contributed by atoms with Gasteiger partial charge in [0.1, 0.15) is 11.8 Å². The van der Waals surface area contributed by atoms with E-state index in [1.165, 1.54) is 0 Å². The average Bonchev–Trinajstić information content (AvgIpc) is 3.46. The van der Waals surface area contributed by atoms with E-state index in [4.69, 9.17) is 4.74 Å². The summed E-state index contributed by atoms with van der Waals surface area (Å²) in [5.41, 5.74) is 0.645. The Morgan fingerprint density at radius 3 is 2.44 bits per heavy atom. The fourth-order valence-corrected chi connectivity index (χ4v) is 9.43. The number of aliphatic hydroxyl groups excluding tert-OH is 1. The second kappa shape index (κ2) is 11.7. The van der Waals surface area contributed by atoms with Crippen molar-refractivity contribution in [1.29, 1.82) is 0 Å². The van der Waals surface area contributed by atoms with Crippen LogP contribution in [0.25, 0.3) is 0 Å². The minimum Gasteiger partial charge on any atom is -0.494 e. The van der Waals surface area contributed by atoms with Crippen LogP contribution in [0.15, 0.2) is 24.3 Å². The Balaban J connectivity index is 1.70. The van der Waals surface area contributed by atoms with Crippen molar-refractivity contribution in [1.82, 2.24) is 10.2 Å². The molecule has 0 aromatic heterocycles. The summed E-state index contributed by atoms with van der Waals surface area (Å²) in [5.74, 6) is -1.02. The van der Waals surface area contributed by atoms with Crippen LogP contribution in [0, 0.1) is 17.8 Å². The molecule has 3 saturated heterocycles. The summed E-state index contributed by atoms with van der Waals surface area (Å²) in [6.45, 7) is 12.4. The summed E-state index contributed by atoms with van der Waals surface area (Å²) < 4.78 is 4.35. The Morgan fingerprint density at radius 1 is 1.15 bits per heavy atom. The van der Waals surface area contributed by atoms with E-state index in [0.29, 0.717) is 18.7 Å². The lowest BCUT2D eigenvalue weighted by Crippen LogP contribution is -2.58. The third-order valence-electron chi connectivity index (χ3n) is 9.13. The van der Waals surface area contributed by atoms with Gasteiger partial charge in [-0.25, -0.2) is 0 Å². The molecule has 0 aliphatic carbocycles. The van der Waals surface area contributed by atoms with Crippen LogP contribution in [0.1, 0.15) is 73.6 Å². The van der Waals surface area contributed by atoms with Gasteiger partial charge in [-0.15, -0.1) is 11.8 Å². The van der Waals surface area contributed by atoms with E-state index in [1.54, 1.807) is 28.8 Å². The number of aliphatic hydroxyl groups is 1. The monoisotopic (exact) mass is 559 g/mol. The van der Waals surface area contributed by atoms with Crippen molar-refractivity contribution in [2.75, 3.05) is 18.5 Å². The fourth-order valence-electron chi connectivity index (χ4n) is 7.08. The van der Waals surface area contributed by atoms with Gasteiger partial charge in [-0.1, -0.05) is 33.6 Å². The Bertz CT molecular complexity index is 1070. The molecular formula is C30H45N3O5S. The van der Waals surface area contributed by atoms with Crippen molar-refractivity contribution < 1.29 is 24.2 Å². The van der Waals surface area contributed by atoms with Crippen LogP contribution in [0.2, 0.25) is 0 Å². The van der Waals surface area contributed by atoms with Gasteiger partial charge in [0.25, 0.3) is 0 Å². The number of rotatable bonds is 12. The maximum absolute atomic E-state index is 14.4. The summed E-state index contributed by atoms with van der Waals surface area (Å²) in [6, 6.07) is 6.01. The number of hydrogen-bond acceptors (Lipinski definition) is 6. The predicted octanol–water partition coefficient (Wildman–Crippen LogP) is 4.22. The molecule has 4 rings (SSSR count). The van der Waals surface area contributed by atoms with E-state index < -0.39 is 33.4 Å². The zero-order chi connectivity index (χ0) is 28.5. The lowest BCUT2D eigenvalue weighted by Gasteiger charge is -2.39. The summed E-state index contributed by atoms with van der Waals surface area (Å²) in [4.78, 5) is 43.9. The summed E-state index contributed by atoms with van der Waals surface area (Å²) in [6.07, 6.45) is 3.98. The summed E-state index contributed by atoms with van der Waals surface area (Å²) in [5, 5.41) is 16.7. The highest BCUT2D eigenvalue weighted by molar-refractivity contribution is 8.02. The van der Waals surface area contributed by atoms with Gasteiger partial charge >= 0.3 is 0 Å². The van der Waals surface area contributed by atoms with Gasteiger partial charge in [-0.3, -0.25) is 14.4 Å². The van der Waals surface area contributed by atoms with Crippen molar-refractivity contribution >= 4 is 35.2 Å². The molecule has 1 aromatic carbocycles. The third kappa shape index (κ3) is 5.17. The highest BCUT2D eigenvalue weighted by Crippen LogP contribution is 2.71. The van der Waals surface area contributed by atoms with Crippen LogP contribution in [0.3, 0.4) is 0 Å². The SMILES string of the molecule is CCCC(C)NC(=O)C1N([C@@H](CO)[C@@H](C)CC)C(=O)[C@@H]2[C@H](C(=O)Nc3ccc(OCC)cc3)[C@]3(C)CCC12S3. The molecule has 1 aromatic rings. The number of nitrogens with one attached hydrogen (secondary N) is 2. The van der Waals surface area contributed by atoms with Crippen LogP contribution < -0.4 is 15.4 Å². The van der Waals surface area contributed by atoms with Gasteiger partial charge in [-0.2, -0.15) is 0 Å². The average molecular weight is 560 g/mol. The standard InChI is InChI=1S/C30H45N3O5S/c1-7-10-19(5)31-27(36)25-30-16-15-29(6,39-30)23(24(30)28(37)33(25)22(17-34)18(4)8-2)26(35)32-20-11-13-21(14-12-20)38-9-3/h11-14,18-19,22-25,34H,7-10,15-17H2,1-6H3,(H,31,36)(H,32,35)/t18-,19?,22-,23+,24-,25?,29-,30?/m0/s1. The molecule has 3 unspecified atom stereocenters. The van der Waals surface area contributed by atoms with Gasteiger partial charge in [0.15, 0.2) is 0 Å². The first-order chi connectivity index (χ1) is 18.6. The summed E-state index contributed by atoms with van der Waals surface area (Å²) in [7, 11) is 0.